The number of likely N-dealkylation sites (N-methyl/N-ethyl adjacent to an activating group) is 1. The minimum atomic E-state index is -0.395. The molecule has 17 heteroatoms. The second-order valence-electron chi connectivity index (χ2n) is 18.0. The largest absolute Gasteiger partial charge is 0.495 e. The Bertz CT molecular complexity index is 2550. The van der Waals surface area contributed by atoms with Crippen LogP contribution in [0.3, 0.4) is 0 Å². The summed E-state index contributed by atoms with van der Waals surface area (Å²) in [6.07, 6.45) is 9.69. The first-order valence-electron chi connectivity index (χ1n) is 22.3. The van der Waals surface area contributed by atoms with E-state index in [0.29, 0.717) is 61.2 Å². The molecule has 5 aromatic rings. The molecule has 7 heterocycles. The first-order chi connectivity index (χ1) is 31.2. The second kappa shape index (κ2) is 17.7. The highest BCUT2D eigenvalue weighted by Crippen LogP contribution is 2.51. The Morgan fingerprint density at radius 2 is 1.89 bits per heavy atom. The zero-order valence-electron chi connectivity index (χ0n) is 36.6. The standard InChI is InChI=1S/C47H55N9O7S/c1-52(37-8-10-40(58)49-46(37)59)25-32-21-34(6-5-31(32)27-57)54-17-11-30(24-54)23-53-18-13-47(14-19-53)28-55(29-47)36-7-9-38(60-2)44(43(36)61-3)64-51-45-41-39(63-50-45)22-33(26-56-16-4-15-48-56)35-12-20-62-42(35)41/h4-7,9,15-16,21-22,27,30,37H,8,10-14,17-20,23-26,28-29H2,1-3H3,(H,50,51)(H,49,58,59). The normalized spacial score (nSPS) is 20.7. The average molecular weight is 890 g/mol. The summed E-state index contributed by atoms with van der Waals surface area (Å²) in [7, 11) is 5.28. The molecule has 3 aromatic carbocycles. The number of nitrogens with zero attached hydrogens (tertiary/aromatic N) is 7. The highest BCUT2D eigenvalue weighted by atomic mass is 32.2. The summed E-state index contributed by atoms with van der Waals surface area (Å²) in [6, 6.07) is 13.7. The summed E-state index contributed by atoms with van der Waals surface area (Å²) >= 11 is 1.40. The number of aromatic nitrogens is 3. The first kappa shape index (κ1) is 42.2. The van der Waals surface area contributed by atoms with Gasteiger partial charge in [0.1, 0.15) is 28.1 Å². The molecule has 1 spiro atoms. The Balaban J connectivity index is 0.745. The number of aldehydes is 1. The number of fused-ring (bicyclic) bond motifs is 3. The molecular formula is C47H55N9O7S. The highest BCUT2D eigenvalue weighted by Gasteiger charge is 2.46. The summed E-state index contributed by atoms with van der Waals surface area (Å²) in [6.45, 7) is 8.85. The average Bonchev–Trinajstić information content (AvgIpc) is 4.14. The van der Waals surface area contributed by atoms with Crippen molar-refractivity contribution in [3.05, 3.63) is 77.1 Å². The van der Waals surface area contributed by atoms with Crippen molar-refractivity contribution in [1.82, 2.24) is 30.1 Å². The number of likely N-dealkylation sites (tertiary alicyclic amines) is 1. The van der Waals surface area contributed by atoms with E-state index in [0.717, 1.165) is 128 Å². The maximum absolute atomic E-state index is 12.5. The van der Waals surface area contributed by atoms with Gasteiger partial charge in [0, 0.05) is 86.7 Å². The molecule has 2 N–H and O–H groups in total. The molecule has 0 bridgehead atoms. The van der Waals surface area contributed by atoms with Gasteiger partial charge in [-0.05, 0) is 117 Å². The maximum atomic E-state index is 12.5. The Hall–Kier alpha value is -5.78. The molecule has 2 unspecified atom stereocenters. The van der Waals surface area contributed by atoms with Gasteiger partial charge in [0.25, 0.3) is 0 Å². The number of hydrogen-bond acceptors (Lipinski definition) is 15. The van der Waals surface area contributed by atoms with Gasteiger partial charge in [0.2, 0.25) is 11.8 Å². The van der Waals surface area contributed by atoms with Crippen molar-refractivity contribution in [2.75, 3.05) is 88.2 Å². The van der Waals surface area contributed by atoms with Crippen molar-refractivity contribution in [3.8, 4) is 17.2 Å². The van der Waals surface area contributed by atoms with Crippen LogP contribution in [-0.4, -0.2) is 123 Å². The number of hydrogen-bond donors (Lipinski definition) is 2. The summed E-state index contributed by atoms with van der Waals surface area (Å²) < 4.78 is 29.4. The minimum Gasteiger partial charge on any atom is -0.495 e. The zero-order valence-corrected chi connectivity index (χ0v) is 37.5. The van der Waals surface area contributed by atoms with E-state index >= 15 is 0 Å². The van der Waals surface area contributed by atoms with Crippen molar-refractivity contribution in [2.45, 2.75) is 62.6 Å². The number of piperidine rings is 2. The molecule has 0 saturated carbocycles. The van der Waals surface area contributed by atoms with Gasteiger partial charge in [-0.3, -0.25) is 29.3 Å². The van der Waals surface area contributed by atoms with Gasteiger partial charge in [0.05, 0.1) is 39.1 Å². The van der Waals surface area contributed by atoms with Crippen molar-refractivity contribution >= 4 is 58.2 Å². The fourth-order valence-corrected chi connectivity index (χ4v) is 11.4. The van der Waals surface area contributed by atoms with Gasteiger partial charge in [-0.2, -0.15) is 5.10 Å². The van der Waals surface area contributed by atoms with E-state index in [1.165, 1.54) is 11.9 Å². The molecule has 336 valence electrons. The maximum Gasteiger partial charge on any atom is 0.243 e. The van der Waals surface area contributed by atoms with E-state index < -0.39 is 6.04 Å². The van der Waals surface area contributed by atoms with Gasteiger partial charge < -0.3 is 38.2 Å². The topological polar surface area (TPSA) is 160 Å². The number of carbonyl (C=O) groups excluding carboxylic acids is 3. The van der Waals surface area contributed by atoms with Crippen LogP contribution >= 0.6 is 11.9 Å². The lowest BCUT2D eigenvalue weighted by Gasteiger charge is -2.55. The molecule has 10 rings (SSSR count). The molecule has 2 atom stereocenters. The summed E-state index contributed by atoms with van der Waals surface area (Å²) in [5, 5.41) is 12.1. The Morgan fingerprint density at radius 1 is 1.03 bits per heavy atom. The van der Waals surface area contributed by atoms with Crippen molar-refractivity contribution in [2.24, 2.45) is 11.3 Å². The molecule has 5 aliphatic heterocycles. The number of benzene rings is 3. The van der Waals surface area contributed by atoms with Gasteiger partial charge >= 0.3 is 0 Å². The lowest BCUT2D eigenvalue weighted by Crippen LogP contribution is -2.60. The molecule has 0 aliphatic carbocycles. The fourth-order valence-electron chi connectivity index (χ4n) is 10.5. The second-order valence-corrected chi connectivity index (χ2v) is 18.9. The van der Waals surface area contributed by atoms with E-state index in [4.69, 9.17) is 18.7 Å². The van der Waals surface area contributed by atoms with Crippen LogP contribution in [-0.2, 0) is 29.1 Å². The third-order valence-electron chi connectivity index (χ3n) is 14.0. The first-order valence-corrected chi connectivity index (χ1v) is 23.1. The molecule has 2 aromatic heterocycles. The van der Waals surface area contributed by atoms with E-state index in [-0.39, 0.29) is 17.2 Å². The van der Waals surface area contributed by atoms with Crippen LogP contribution in [0.25, 0.3) is 11.0 Å². The van der Waals surface area contributed by atoms with E-state index in [1.54, 1.807) is 20.4 Å². The SMILES string of the molecule is COc1ccc(N2CC3(CCN(CC4CCN(c5ccc(C=O)c(CN(C)C6CCC(=O)NC6=O)c5)C4)CC3)C2)c(OC)c1SNc1noc2cc(Cn3cccn3)c3c(c12)OCC3. The fraction of sp³-hybridized carbons (Fsp3) is 0.468. The Morgan fingerprint density at radius 3 is 2.66 bits per heavy atom. The summed E-state index contributed by atoms with van der Waals surface area (Å²) in [4.78, 5) is 46.5. The number of carbonyl (C=O) groups is 3. The molecule has 0 radical (unpaired) electrons. The molecule has 5 aliphatic rings. The number of imide groups is 1. The monoisotopic (exact) mass is 889 g/mol. The summed E-state index contributed by atoms with van der Waals surface area (Å²) in [5.41, 5.74) is 6.89. The highest BCUT2D eigenvalue weighted by molar-refractivity contribution is 8.00. The van der Waals surface area contributed by atoms with Crippen molar-refractivity contribution in [1.29, 1.82) is 0 Å². The number of amides is 2. The van der Waals surface area contributed by atoms with Crippen LogP contribution in [0.5, 0.6) is 17.2 Å². The zero-order chi connectivity index (χ0) is 44.0. The van der Waals surface area contributed by atoms with Gasteiger partial charge in [-0.25, -0.2) is 0 Å². The van der Waals surface area contributed by atoms with Crippen LogP contribution in [0.15, 0.2) is 64.3 Å². The lowest BCUT2D eigenvalue weighted by atomic mass is 9.71. The van der Waals surface area contributed by atoms with Crippen LogP contribution in [0.2, 0.25) is 0 Å². The molecule has 4 saturated heterocycles. The quantitative estimate of drug-likeness (QED) is 0.0757. The lowest BCUT2D eigenvalue weighted by molar-refractivity contribution is -0.137. The number of rotatable bonds is 15. The molecule has 4 fully saturated rings. The third kappa shape index (κ3) is 8.13. The van der Waals surface area contributed by atoms with E-state index in [1.807, 2.05) is 53.2 Å². The van der Waals surface area contributed by atoms with Gasteiger partial charge in [-0.15, -0.1) is 0 Å². The predicted octanol–water partition coefficient (Wildman–Crippen LogP) is 5.62. The van der Waals surface area contributed by atoms with Gasteiger partial charge in [-0.1, -0.05) is 5.16 Å². The Labute approximate surface area is 376 Å². The predicted molar refractivity (Wildman–Crippen MR) is 244 cm³/mol. The van der Waals surface area contributed by atoms with Crippen LogP contribution in [0.4, 0.5) is 17.2 Å². The van der Waals surface area contributed by atoms with Crippen LogP contribution in [0.1, 0.15) is 59.2 Å². The van der Waals surface area contributed by atoms with E-state index in [9.17, 15) is 14.4 Å². The number of ether oxygens (including phenoxy) is 3. The third-order valence-corrected chi connectivity index (χ3v) is 14.9. The Kier molecular flexibility index (Phi) is 11.6. The molecule has 16 nitrogen and oxygen atoms in total. The minimum absolute atomic E-state index is 0.229. The van der Waals surface area contributed by atoms with Crippen molar-refractivity contribution < 1.29 is 33.1 Å². The summed E-state index contributed by atoms with van der Waals surface area (Å²) in [5.74, 6) is 2.94. The number of anilines is 3. The van der Waals surface area contributed by atoms with Crippen molar-refractivity contribution in [3.63, 3.8) is 0 Å². The number of nitrogens with one attached hydrogen (secondary N) is 2. The van der Waals surface area contributed by atoms with Crippen LogP contribution in [0, 0.1) is 11.3 Å². The molecule has 2 amide bonds. The smallest absolute Gasteiger partial charge is 0.243 e. The van der Waals surface area contributed by atoms with Gasteiger partial charge in [0.15, 0.2) is 17.2 Å². The molecular weight excluding hydrogens is 835 g/mol. The number of methoxy groups -OCH3 is 2. The van der Waals surface area contributed by atoms with E-state index in [2.05, 4.69) is 47.1 Å². The van der Waals surface area contributed by atoms with Crippen LogP contribution < -0.4 is 34.0 Å². The molecule has 64 heavy (non-hydrogen) atoms.